The first-order chi connectivity index (χ1) is 7.85. The minimum atomic E-state index is -0.0730. The Morgan fingerprint density at radius 2 is 2.18 bits per heavy atom. The minimum absolute atomic E-state index is 0.0730. The number of aryl methyl sites for hydroxylation is 1. The van der Waals surface area contributed by atoms with Gasteiger partial charge in [0.1, 0.15) is 0 Å². The molecule has 1 unspecified atom stereocenters. The molecule has 1 atom stereocenters. The molecule has 0 amide bonds. The summed E-state index contributed by atoms with van der Waals surface area (Å²) in [6.45, 7) is 9.36. The molecule has 0 fully saturated rings. The van der Waals surface area contributed by atoms with Crippen LogP contribution in [-0.2, 0) is 18.3 Å². The van der Waals surface area contributed by atoms with Crippen LogP contribution in [0.2, 0.25) is 0 Å². The first-order valence-corrected chi connectivity index (χ1v) is 6.12. The molecule has 0 spiro atoms. The lowest BCUT2D eigenvalue weighted by atomic mass is 10.00. The van der Waals surface area contributed by atoms with Gasteiger partial charge in [0.25, 0.3) is 0 Å². The Bertz CT molecular complexity index is 358. The standard InChI is InChI=1S/C13H25N3O/c1-10(7-13(3,4)17-6)14-8-12-9-15-16(5)11(12)2/h9-10,14H,7-8H2,1-6H3. The van der Waals surface area contributed by atoms with E-state index < -0.39 is 0 Å². The zero-order valence-electron chi connectivity index (χ0n) is 11.9. The van der Waals surface area contributed by atoms with Gasteiger partial charge < -0.3 is 10.1 Å². The molecule has 4 heteroatoms. The molecule has 0 aliphatic heterocycles. The van der Waals surface area contributed by atoms with Crippen molar-refractivity contribution >= 4 is 0 Å². The Kier molecular flexibility index (Phi) is 4.71. The number of ether oxygens (including phenoxy) is 1. The molecular formula is C13H25N3O. The normalized spacial score (nSPS) is 14.0. The van der Waals surface area contributed by atoms with Crippen LogP contribution in [0, 0.1) is 6.92 Å². The van der Waals surface area contributed by atoms with E-state index in [0.717, 1.165) is 13.0 Å². The van der Waals surface area contributed by atoms with E-state index in [-0.39, 0.29) is 5.60 Å². The lowest BCUT2D eigenvalue weighted by molar-refractivity contribution is 0.00844. The monoisotopic (exact) mass is 239 g/mol. The topological polar surface area (TPSA) is 39.1 Å². The lowest BCUT2D eigenvalue weighted by Crippen LogP contribution is -2.35. The van der Waals surface area contributed by atoms with Crippen LogP contribution in [0.15, 0.2) is 6.20 Å². The highest BCUT2D eigenvalue weighted by molar-refractivity contribution is 5.15. The SMILES string of the molecule is COC(C)(C)CC(C)NCc1cnn(C)c1C. The predicted molar refractivity (Wildman–Crippen MR) is 70.0 cm³/mol. The number of rotatable bonds is 6. The Morgan fingerprint density at radius 1 is 1.53 bits per heavy atom. The van der Waals surface area contributed by atoms with Gasteiger partial charge in [-0.3, -0.25) is 4.68 Å². The van der Waals surface area contributed by atoms with Crippen LogP contribution >= 0.6 is 0 Å². The third kappa shape index (κ3) is 4.13. The number of hydrogen-bond acceptors (Lipinski definition) is 3. The van der Waals surface area contributed by atoms with Gasteiger partial charge >= 0.3 is 0 Å². The van der Waals surface area contributed by atoms with E-state index in [9.17, 15) is 0 Å². The molecule has 1 aromatic rings. The molecular weight excluding hydrogens is 214 g/mol. The van der Waals surface area contributed by atoms with Crippen LogP contribution in [0.25, 0.3) is 0 Å². The fourth-order valence-electron chi connectivity index (χ4n) is 1.89. The maximum absolute atomic E-state index is 5.43. The van der Waals surface area contributed by atoms with E-state index in [1.54, 1.807) is 7.11 Å². The second-order valence-electron chi connectivity index (χ2n) is 5.33. The predicted octanol–water partition coefficient (Wildman–Crippen LogP) is 2.02. The summed E-state index contributed by atoms with van der Waals surface area (Å²) in [6.07, 6.45) is 2.92. The van der Waals surface area contributed by atoms with Gasteiger partial charge in [-0.25, -0.2) is 0 Å². The van der Waals surface area contributed by atoms with Gasteiger partial charge in [0.2, 0.25) is 0 Å². The van der Waals surface area contributed by atoms with Crippen molar-refractivity contribution in [1.82, 2.24) is 15.1 Å². The highest BCUT2D eigenvalue weighted by atomic mass is 16.5. The Balaban J connectivity index is 2.43. The largest absolute Gasteiger partial charge is 0.379 e. The molecule has 1 N–H and O–H groups in total. The summed E-state index contributed by atoms with van der Waals surface area (Å²) in [7, 11) is 3.73. The lowest BCUT2D eigenvalue weighted by Gasteiger charge is -2.27. The van der Waals surface area contributed by atoms with Crippen LogP contribution in [0.4, 0.5) is 0 Å². The fourth-order valence-corrected chi connectivity index (χ4v) is 1.89. The summed E-state index contributed by atoms with van der Waals surface area (Å²) in [5.74, 6) is 0. The second kappa shape index (κ2) is 5.65. The fraction of sp³-hybridized carbons (Fsp3) is 0.769. The molecule has 0 saturated heterocycles. The summed E-state index contributed by atoms with van der Waals surface area (Å²) in [5, 5.41) is 7.75. The molecule has 0 bridgehead atoms. The van der Waals surface area contributed by atoms with E-state index >= 15 is 0 Å². The average Bonchev–Trinajstić information content (AvgIpc) is 2.57. The van der Waals surface area contributed by atoms with Gasteiger partial charge in [0, 0.05) is 38.0 Å². The van der Waals surface area contributed by atoms with Crippen molar-refractivity contribution < 1.29 is 4.74 Å². The molecule has 1 aromatic heterocycles. The number of aromatic nitrogens is 2. The smallest absolute Gasteiger partial charge is 0.0637 e. The molecule has 0 aliphatic carbocycles. The van der Waals surface area contributed by atoms with Gasteiger partial charge in [-0.15, -0.1) is 0 Å². The van der Waals surface area contributed by atoms with Crippen molar-refractivity contribution in [2.75, 3.05) is 7.11 Å². The van der Waals surface area contributed by atoms with Crippen LogP contribution in [-0.4, -0.2) is 28.5 Å². The maximum atomic E-state index is 5.43. The van der Waals surface area contributed by atoms with Crippen molar-refractivity contribution in [2.24, 2.45) is 7.05 Å². The van der Waals surface area contributed by atoms with Crippen molar-refractivity contribution in [1.29, 1.82) is 0 Å². The quantitative estimate of drug-likeness (QED) is 0.825. The summed E-state index contributed by atoms with van der Waals surface area (Å²) in [6, 6.07) is 0.421. The number of nitrogens with one attached hydrogen (secondary N) is 1. The summed E-state index contributed by atoms with van der Waals surface area (Å²) >= 11 is 0. The second-order valence-corrected chi connectivity index (χ2v) is 5.33. The highest BCUT2D eigenvalue weighted by Gasteiger charge is 2.19. The third-order valence-electron chi connectivity index (χ3n) is 3.33. The Morgan fingerprint density at radius 3 is 2.65 bits per heavy atom. The Hall–Kier alpha value is -0.870. The van der Waals surface area contributed by atoms with Crippen molar-refractivity contribution in [3.63, 3.8) is 0 Å². The maximum Gasteiger partial charge on any atom is 0.0637 e. The zero-order chi connectivity index (χ0) is 13.1. The van der Waals surface area contributed by atoms with Gasteiger partial charge in [-0.05, 0) is 34.1 Å². The molecule has 0 aromatic carbocycles. The third-order valence-corrected chi connectivity index (χ3v) is 3.33. The van der Waals surface area contributed by atoms with Crippen molar-refractivity contribution in [3.8, 4) is 0 Å². The highest BCUT2D eigenvalue weighted by Crippen LogP contribution is 2.15. The molecule has 0 radical (unpaired) electrons. The Labute approximate surface area is 104 Å². The zero-order valence-corrected chi connectivity index (χ0v) is 11.9. The summed E-state index contributed by atoms with van der Waals surface area (Å²) < 4.78 is 7.34. The van der Waals surface area contributed by atoms with Crippen molar-refractivity contribution in [2.45, 2.75) is 52.3 Å². The molecule has 0 aliphatic rings. The van der Waals surface area contributed by atoms with Crippen LogP contribution in [0.1, 0.15) is 38.4 Å². The van der Waals surface area contributed by atoms with Gasteiger partial charge in [0.15, 0.2) is 0 Å². The molecule has 17 heavy (non-hydrogen) atoms. The van der Waals surface area contributed by atoms with Crippen LogP contribution in [0.3, 0.4) is 0 Å². The van der Waals surface area contributed by atoms with E-state index in [4.69, 9.17) is 4.74 Å². The average molecular weight is 239 g/mol. The van der Waals surface area contributed by atoms with Crippen LogP contribution in [0.5, 0.6) is 0 Å². The molecule has 1 rings (SSSR count). The first-order valence-electron chi connectivity index (χ1n) is 6.12. The minimum Gasteiger partial charge on any atom is -0.379 e. The van der Waals surface area contributed by atoms with E-state index in [2.05, 4.69) is 38.1 Å². The summed E-state index contributed by atoms with van der Waals surface area (Å²) in [5.41, 5.74) is 2.40. The van der Waals surface area contributed by atoms with Gasteiger partial charge in [-0.2, -0.15) is 5.10 Å². The molecule has 0 saturated carbocycles. The van der Waals surface area contributed by atoms with E-state index in [1.165, 1.54) is 11.3 Å². The van der Waals surface area contributed by atoms with E-state index in [0.29, 0.717) is 6.04 Å². The number of hydrogen-bond donors (Lipinski definition) is 1. The van der Waals surface area contributed by atoms with Crippen molar-refractivity contribution in [3.05, 3.63) is 17.5 Å². The number of nitrogens with zero attached hydrogens (tertiary/aromatic N) is 2. The van der Waals surface area contributed by atoms with Gasteiger partial charge in [0.05, 0.1) is 11.8 Å². The number of methoxy groups -OCH3 is 1. The molecule has 1 heterocycles. The molecule has 98 valence electrons. The van der Waals surface area contributed by atoms with Gasteiger partial charge in [-0.1, -0.05) is 0 Å². The summed E-state index contributed by atoms with van der Waals surface area (Å²) in [4.78, 5) is 0. The first kappa shape index (κ1) is 14.2. The van der Waals surface area contributed by atoms with Crippen LogP contribution < -0.4 is 5.32 Å². The van der Waals surface area contributed by atoms with E-state index in [1.807, 2.05) is 17.9 Å². The molecule has 4 nitrogen and oxygen atoms in total.